The molecule has 1 unspecified atom stereocenters. The molecule has 0 saturated carbocycles. The molecule has 1 aliphatic heterocycles. The molecular weight excluding hydrogens is 374 g/mol. The minimum absolute atomic E-state index is 0.0502. The van der Waals surface area contributed by atoms with Gasteiger partial charge in [0.05, 0.1) is 16.5 Å². The van der Waals surface area contributed by atoms with Crippen molar-refractivity contribution in [1.29, 1.82) is 0 Å². The van der Waals surface area contributed by atoms with Gasteiger partial charge in [0.15, 0.2) is 5.82 Å². The van der Waals surface area contributed by atoms with Crippen LogP contribution in [0.25, 0.3) is 22.6 Å². The topological polar surface area (TPSA) is 74.4 Å². The lowest BCUT2D eigenvalue weighted by atomic mass is 10.2. The smallest absolute Gasteiger partial charge is 0.410 e. The number of thiazole rings is 1. The predicted molar refractivity (Wildman–Crippen MR) is 112 cm³/mol. The molecule has 1 fully saturated rings. The Kier molecular flexibility index (Phi) is 4.74. The number of piperazine rings is 1. The Bertz CT molecular complexity index is 957. The van der Waals surface area contributed by atoms with E-state index in [1.54, 1.807) is 11.3 Å². The second-order valence-electron chi connectivity index (χ2n) is 8.08. The van der Waals surface area contributed by atoms with Crippen LogP contribution >= 0.6 is 11.3 Å². The van der Waals surface area contributed by atoms with Crippen LogP contribution in [-0.2, 0) is 4.74 Å². The van der Waals surface area contributed by atoms with Crippen molar-refractivity contribution in [3.8, 4) is 11.5 Å². The first-order valence-electron chi connectivity index (χ1n) is 9.45. The summed E-state index contributed by atoms with van der Waals surface area (Å²) in [7, 11) is 0. The van der Waals surface area contributed by atoms with Crippen molar-refractivity contribution >= 4 is 33.5 Å². The molecule has 2 aromatic heterocycles. The largest absolute Gasteiger partial charge is 0.444 e. The number of nitrogens with zero attached hydrogens (tertiary/aromatic N) is 4. The van der Waals surface area contributed by atoms with Crippen LogP contribution in [0, 0.1) is 0 Å². The van der Waals surface area contributed by atoms with Crippen molar-refractivity contribution in [1.82, 2.24) is 19.9 Å². The molecule has 1 saturated heterocycles. The molecule has 0 aliphatic carbocycles. The van der Waals surface area contributed by atoms with Crippen molar-refractivity contribution in [2.45, 2.75) is 39.3 Å². The van der Waals surface area contributed by atoms with Crippen LogP contribution in [0.2, 0.25) is 0 Å². The molecule has 0 bridgehead atoms. The zero-order valence-corrected chi connectivity index (χ0v) is 17.4. The van der Waals surface area contributed by atoms with Crippen LogP contribution in [-0.4, -0.2) is 57.2 Å². The van der Waals surface area contributed by atoms with E-state index >= 15 is 0 Å². The number of para-hydroxylation sites is 2. The van der Waals surface area contributed by atoms with E-state index in [4.69, 9.17) is 9.72 Å². The summed E-state index contributed by atoms with van der Waals surface area (Å²) in [5.74, 6) is 0.777. The van der Waals surface area contributed by atoms with Crippen molar-refractivity contribution < 1.29 is 9.53 Å². The minimum Gasteiger partial charge on any atom is -0.444 e. The van der Waals surface area contributed by atoms with E-state index in [2.05, 4.69) is 21.8 Å². The highest BCUT2D eigenvalue weighted by atomic mass is 32.1. The highest BCUT2D eigenvalue weighted by Crippen LogP contribution is 2.34. The van der Waals surface area contributed by atoms with E-state index in [-0.39, 0.29) is 12.1 Å². The van der Waals surface area contributed by atoms with Gasteiger partial charge in [-0.3, -0.25) is 0 Å². The summed E-state index contributed by atoms with van der Waals surface area (Å²) in [5, 5.41) is 1.08. The zero-order chi connectivity index (χ0) is 19.9. The first-order valence-corrected chi connectivity index (χ1v) is 10.3. The lowest BCUT2D eigenvalue weighted by Crippen LogP contribution is -2.55. The van der Waals surface area contributed by atoms with E-state index in [1.807, 2.05) is 55.4 Å². The third-order valence-electron chi connectivity index (χ3n) is 4.71. The number of hydrogen-bond acceptors (Lipinski definition) is 6. The number of carbonyl (C=O) groups is 1. The van der Waals surface area contributed by atoms with E-state index in [0.29, 0.717) is 6.54 Å². The van der Waals surface area contributed by atoms with Gasteiger partial charge in [0, 0.05) is 25.7 Å². The molecule has 1 N–H and O–H groups in total. The van der Waals surface area contributed by atoms with Crippen LogP contribution < -0.4 is 4.90 Å². The summed E-state index contributed by atoms with van der Waals surface area (Å²) in [4.78, 5) is 29.2. The summed E-state index contributed by atoms with van der Waals surface area (Å²) in [6.07, 6.45) is -0.249. The number of nitrogens with one attached hydrogen (secondary N) is 1. The maximum atomic E-state index is 12.5. The number of fused-ring (bicyclic) bond motifs is 1. The van der Waals surface area contributed by atoms with Gasteiger partial charge in [0.25, 0.3) is 0 Å². The SMILES string of the molecule is CC1CN(c2scnc2-c2nc3ccccc3[nH]2)CCN1C(=O)OC(C)(C)C. The predicted octanol–water partition coefficient (Wildman–Crippen LogP) is 4.13. The maximum absolute atomic E-state index is 12.5. The molecule has 148 valence electrons. The first kappa shape index (κ1) is 18.7. The highest BCUT2D eigenvalue weighted by Gasteiger charge is 2.32. The summed E-state index contributed by atoms with van der Waals surface area (Å²) in [5.41, 5.74) is 4.15. The molecule has 8 heteroatoms. The lowest BCUT2D eigenvalue weighted by molar-refractivity contribution is 0.0159. The molecule has 7 nitrogen and oxygen atoms in total. The number of ether oxygens (including phenoxy) is 1. The number of aromatic amines is 1. The summed E-state index contributed by atoms with van der Waals surface area (Å²) in [6, 6.07) is 8.02. The van der Waals surface area contributed by atoms with Gasteiger partial charge in [-0.2, -0.15) is 0 Å². The van der Waals surface area contributed by atoms with E-state index < -0.39 is 5.60 Å². The number of amides is 1. The molecule has 0 radical (unpaired) electrons. The number of rotatable bonds is 2. The summed E-state index contributed by atoms with van der Waals surface area (Å²) in [6.45, 7) is 9.81. The van der Waals surface area contributed by atoms with Gasteiger partial charge >= 0.3 is 6.09 Å². The number of anilines is 1. The fourth-order valence-corrected chi connectivity index (χ4v) is 4.26. The van der Waals surface area contributed by atoms with Gasteiger partial charge < -0.3 is 19.5 Å². The number of benzene rings is 1. The minimum atomic E-state index is -0.486. The molecule has 1 atom stereocenters. The molecule has 3 heterocycles. The van der Waals surface area contributed by atoms with Gasteiger partial charge in [-0.15, -0.1) is 11.3 Å². The second-order valence-corrected chi connectivity index (χ2v) is 8.91. The third kappa shape index (κ3) is 3.69. The third-order valence-corrected chi connectivity index (χ3v) is 5.59. The number of hydrogen-bond donors (Lipinski definition) is 1. The Labute approximate surface area is 168 Å². The van der Waals surface area contributed by atoms with E-state index in [0.717, 1.165) is 40.6 Å². The fraction of sp³-hybridized carbons (Fsp3) is 0.450. The van der Waals surface area contributed by atoms with Crippen LogP contribution in [0.3, 0.4) is 0 Å². The normalized spacial score (nSPS) is 17.9. The molecule has 0 spiro atoms. The maximum Gasteiger partial charge on any atom is 0.410 e. The van der Waals surface area contributed by atoms with Gasteiger partial charge in [0.2, 0.25) is 0 Å². The van der Waals surface area contributed by atoms with Gasteiger partial charge in [-0.25, -0.2) is 14.8 Å². The lowest BCUT2D eigenvalue weighted by Gasteiger charge is -2.40. The standard InChI is InChI=1S/C20H25N5O2S/c1-13-11-24(9-10-25(13)19(26)27-20(2,3)4)18-16(21-12-28-18)17-22-14-7-5-6-8-15(14)23-17/h5-8,12-13H,9-11H2,1-4H3,(H,22,23). The van der Waals surface area contributed by atoms with Crippen LogP contribution in [0.1, 0.15) is 27.7 Å². The Balaban J connectivity index is 1.53. The van der Waals surface area contributed by atoms with Crippen LogP contribution in [0.15, 0.2) is 29.8 Å². The zero-order valence-electron chi connectivity index (χ0n) is 16.6. The summed E-state index contributed by atoms with van der Waals surface area (Å²) >= 11 is 1.60. The molecular formula is C20H25N5O2S. The Morgan fingerprint density at radius 2 is 2.07 bits per heavy atom. The number of carbonyl (C=O) groups excluding carboxylic acids is 1. The Hall–Kier alpha value is -2.61. The second kappa shape index (κ2) is 7.09. The molecule has 1 aliphatic rings. The van der Waals surface area contributed by atoms with Crippen molar-refractivity contribution in [2.75, 3.05) is 24.5 Å². The van der Waals surface area contributed by atoms with Crippen molar-refractivity contribution in [3.05, 3.63) is 29.8 Å². The molecule has 3 aromatic rings. The molecule has 1 amide bonds. The summed E-state index contributed by atoms with van der Waals surface area (Å²) < 4.78 is 5.54. The van der Waals surface area contributed by atoms with Crippen LogP contribution in [0.4, 0.5) is 9.80 Å². The number of H-pyrrole nitrogens is 1. The molecule has 4 rings (SSSR count). The van der Waals surface area contributed by atoms with Gasteiger partial charge in [-0.1, -0.05) is 12.1 Å². The molecule has 28 heavy (non-hydrogen) atoms. The molecule has 1 aromatic carbocycles. The average molecular weight is 400 g/mol. The van der Waals surface area contributed by atoms with Crippen molar-refractivity contribution in [2.24, 2.45) is 0 Å². The van der Waals surface area contributed by atoms with Crippen LogP contribution in [0.5, 0.6) is 0 Å². The fourth-order valence-electron chi connectivity index (χ4n) is 3.43. The Morgan fingerprint density at radius 3 is 2.79 bits per heavy atom. The van der Waals surface area contributed by atoms with E-state index in [1.165, 1.54) is 0 Å². The quantitative estimate of drug-likeness (QED) is 0.701. The monoisotopic (exact) mass is 399 g/mol. The number of aromatic nitrogens is 3. The van der Waals surface area contributed by atoms with Gasteiger partial charge in [0.1, 0.15) is 16.3 Å². The first-order chi connectivity index (χ1) is 13.3. The van der Waals surface area contributed by atoms with Crippen molar-refractivity contribution in [3.63, 3.8) is 0 Å². The number of imidazole rings is 1. The van der Waals surface area contributed by atoms with E-state index in [9.17, 15) is 4.79 Å². The van der Waals surface area contributed by atoms with Gasteiger partial charge in [-0.05, 0) is 39.8 Å². The highest BCUT2D eigenvalue weighted by molar-refractivity contribution is 7.14. The Morgan fingerprint density at radius 1 is 1.29 bits per heavy atom. The average Bonchev–Trinajstić information content (AvgIpc) is 3.26.